The Morgan fingerprint density at radius 1 is 1.15 bits per heavy atom. The Morgan fingerprint density at radius 2 is 1.85 bits per heavy atom. The number of carbonyl (C=O) groups excluding carboxylic acids is 1. The molecule has 0 radical (unpaired) electrons. The maximum atomic E-state index is 13.0. The number of benzene rings is 2. The molecule has 27 heavy (non-hydrogen) atoms. The van der Waals surface area contributed by atoms with Crippen LogP contribution in [0.25, 0.3) is 10.2 Å². The van der Waals surface area contributed by atoms with Crippen LogP contribution in [0.15, 0.2) is 42.5 Å². The molecule has 138 valence electrons. The number of carbonyl (C=O) groups is 2. The average Bonchev–Trinajstić information content (AvgIpc) is 3.19. The highest BCUT2D eigenvalue weighted by Gasteiger charge is 2.45. The molecule has 1 aliphatic rings. The number of amides is 1. The number of carboxylic acid groups (broad SMARTS) is 1. The second kappa shape index (κ2) is 6.66. The van der Waals surface area contributed by atoms with E-state index in [1.54, 1.807) is 18.2 Å². The number of nitrogens with one attached hydrogen (secondary N) is 1. The number of phenols is 1. The maximum absolute atomic E-state index is 13.0. The molecular formula is C20H18N2O4S. The van der Waals surface area contributed by atoms with Gasteiger partial charge in [0.25, 0.3) is 0 Å². The summed E-state index contributed by atoms with van der Waals surface area (Å²) >= 11 is 1.44. The summed E-state index contributed by atoms with van der Waals surface area (Å²) in [5.74, 6) is -1.09. The Labute approximate surface area is 159 Å². The number of fused-ring (bicyclic) bond motifs is 2. The normalized spacial score (nSPS) is 14.8. The SMILES string of the molecule is O=C(O)CC1(C(=O)NCc2nc3cc(O)ccc3s2)Cc2ccccc2C1. The van der Waals surface area contributed by atoms with Gasteiger partial charge in [-0.15, -0.1) is 11.3 Å². The molecule has 0 spiro atoms. The number of carboxylic acids is 1. The number of aliphatic carboxylic acids is 1. The van der Waals surface area contributed by atoms with Crippen LogP contribution in [0.3, 0.4) is 0 Å². The quantitative estimate of drug-likeness (QED) is 0.630. The summed E-state index contributed by atoms with van der Waals surface area (Å²) in [6, 6.07) is 12.7. The third kappa shape index (κ3) is 3.38. The summed E-state index contributed by atoms with van der Waals surface area (Å²) in [5.41, 5.74) is 1.77. The van der Waals surface area contributed by atoms with Crippen molar-refractivity contribution in [2.75, 3.05) is 0 Å². The smallest absolute Gasteiger partial charge is 0.304 e. The molecule has 3 N–H and O–H groups in total. The fourth-order valence-electron chi connectivity index (χ4n) is 3.73. The first kappa shape index (κ1) is 17.5. The zero-order valence-electron chi connectivity index (χ0n) is 14.4. The summed E-state index contributed by atoms with van der Waals surface area (Å²) in [7, 11) is 0. The van der Waals surface area contributed by atoms with E-state index in [0.29, 0.717) is 23.4 Å². The molecule has 0 saturated heterocycles. The molecule has 0 saturated carbocycles. The number of hydrogen-bond donors (Lipinski definition) is 3. The molecule has 1 heterocycles. The monoisotopic (exact) mass is 382 g/mol. The van der Waals surface area contributed by atoms with E-state index in [0.717, 1.165) is 15.8 Å². The van der Waals surface area contributed by atoms with Crippen LogP contribution in [0.4, 0.5) is 0 Å². The summed E-state index contributed by atoms with van der Waals surface area (Å²) in [6.45, 7) is 0.233. The van der Waals surface area contributed by atoms with Gasteiger partial charge in [0.2, 0.25) is 5.91 Å². The number of aromatic hydroxyl groups is 1. The second-order valence-corrected chi connectivity index (χ2v) is 8.03. The molecule has 1 aromatic heterocycles. The van der Waals surface area contributed by atoms with Gasteiger partial charge in [0.1, 0.15) is 10.8 Å². The Kier molecular flexibility index (Phi) is 4.31. The van der Waals surface area contributed by atoms with Crippen molar-refractivity contribution in [1.29, 1.82) is 0 Å². The minimum absolute atomic E-state index is 0.146. The molecule has 0 fully saturated rings. The van der Waals surface area contributed by atoms with Crippen molar-refractivity contribution in [3.63, 3.8) is 0 Å². The maximum Gasteiger partial charge on any atom is 0.304 e. The van der Waals surface area contributed by atoms with Gasteiger partial charge in [-0.05, 0) is 36.1 Å². The fourth-order valence-corrected chi connectivity index (χ4v) is 4.62. The lowest BCUT2D eigenvalue weighted by Gasteiger charge is -2.25. The van der Waals surface area contributed by atoms with Crippen molar-refractivity contribution in [2.45, 2.75) is 25.8 Å². The first-order valence-corrected chi connectivity index (χ1v) is 9.42. The van der Waals surface area contributed by atoms with E-state index in [-0.39, 0.29) is 24.6 Å². The number of aromatic nitrogens is 1. The number of phenolic OH excluding ortho intramolecular Hbond substituents is 1. The van der Waals surface area contributed by atoms with Crippen LogP contribution in [-0.4, -0.2) is 27.1 Å². The van der Waals surface area contributed by atoms with Gasteiger partial charge in [-0.1, -0.05) is 24.3 Å². The van der Waals surface area contributed by atoms with Gasteiger partial charge in [-0.25, -0.2) is 4.98 Å². The van der Waals surface area contributed by atoms with Gasteiger partial charge >= 0.3 is 5.97 Å². The Hall–Kier alpha value is -2.93. The van der Waals surface area contributed by atoms with E-state index in [2.05, 4.69) is 10.3 Å². The van der Waals surface area contributed by atoms with E-state index in [9.17, 15) is 19.8 Å². The van der Waals surface area contributed by atoms with Gasteiger partial charge in [0.15, 0.2) is 0 Å². The topological polar surface area (TPSA) is 99.5 Å². The molecule has 0 bridgehead atoms. The van der Waals surface area contributed by atoms with E-state index in [4.69, 9.17) is 0 Å². The number of thiazole rings is 1. The number of rotatable bonds is 5. The van der Waals surface area contributed by atoms with Crippen molar-refractivity contribution in [3.05, 3.63) is 58.6 Å². The zero-order chi connectivity index (χ0) is 19.0. The predicted molar refractivity (Wildman–Crippen MR) is 102 cm³/mol. The van der Waals surface area contributed by atoms with E-state index < -0.39 is 11.4 Å². The molecule has 0 atom stereocenters. The van der Waals surface area contributed by atoms with Crippen molar-refractivity contribution in [3.8, 4) is 5.75 Å². The second-order valence-electron chi connectivity index (χ2n) is 6.92. The van der Waals surface area contributed by atoms with E-state index in [1.807, 2.05) is 24.3 Å². The highest BCUT2D eigenvalue weighted by Crippen LogP contribution is 2.40. The Bertz CT molecular complexity index is 1020. The third-order valence-corrected chi connectivity index (χ3v) is 6.00. The van der Waals surface area contributed by atoms with Gasteiger partial charge in [0, 0.05) is 6.07 Å². The molecule has 6 nitrogen and oxygen atoms in total. The summed E-state index contributed by atoms with van der Waals surface area (Å²) in [4.78, 5) is 28.8. The third-order valence-electron chi connectivity index (χ3n) is 4.96. The zero-order valence-corrected chi connectivity index (χ0v) is 15.3. The molecule has 3 aromatic rings. The predicted octanol–water partition coefficient (Wildman–Crippen LogP) is 2.88. The molecule has 1 aliphatic carbocycles. The van der Waals surface area contributed by atoms with Crippen LogP contribution in [0.1, 0.15) is 22.6 Å². The van der Waals surface area contributed by atoms with Gasteiger partial charge in [0.05, 0.1) is 28.6 Å². The molecule has 4 rings (SSSR count). The van der Waals surface area contributed by atoms with Crippen LogP contribution in [0.5, 0.6) is 5.75 Å². The first-order chi connectivity index (χ1) is 12.9. The Balaban J connectivity index is 1.53. The van der Waals surface area contributed by atoms with Crippen molar-refractivity contribution < 1.29 is 19.8 Å². The van der Waals surface area contributed by atoms with Crippen molar-refractivity contribution in [2.24, 2.45) is 5.41 Å². The lowest BCUT2D eigenvalue weighted by Crippen LogP contribution is -2.43. The highest BCUT2D eigenvalue weighted by molar-refractivity contribution is 7.18. The average molecular weight is 382 g/mol. The molecule has 0 aliphatic heterocycles. The van der Waals surface area contributed by atoms with Crippen LogP contribution in [0.2, 0.25) is 0 Å². The molecule has 7 heteroatoms. The molecular weight excluding hydrogens is 364 g/mol. The highest BCUT2D eigenvalue weighted by atomic mass is 32.1. The van der Waals surface area contributed by atoms with Gasteiger partial charge in [-0.2, -0.15) is 0 Å². The van der Waals surface area contributed by atoms with Crippen LogP contribution in [-0.2, 0) is 29.0 Å². The van der Waals surface area contributed by atoms with E-state index in [1.165, 1.54) is 11.3 Å². The van der Waals surface area contributed by atoms with Gasteiger partial charge in [-0.3, -0.25) is 9.59 Å². The molecule has 2 aromatic carbocycles. The minimum Gasteiger partial charge on any atom is -0.508 e. The lowest BCUT2D eigenvalue weighted by atomic mass is 9.80. The number of nitrogens with zero attached hydrogens (tertiary/aromatic N) is 1. The van der Waals surface area contributed by atoms with Crippen LogP contribution in [0, 0.1) is 5.41 Å². The number of hydrogen-bond acceptors (Lipinski definition) is 5. The van der Waals surface area contributed by atoms with E-state index >= 15 is 0 Å². The molecule has 1 amide bonds. The Morgan fingerprint density at radius 3 is 2.52 bits per heavy atom. The summed E-state index contributed by atoms with van der Waals surface area (Å²) in [6.07, 6.45) is 0.644. The summed E-state index contributed by atoms with van der Waals surface area (Å²) < 4.78 is 0.922. The van der Waals surface area contributed by atoms with Crippen LogP contribution < -0.4 is 5.32 Å². The largest absolute Gasteiger partial charge is 0.508 e. The van der Waals surface area contributed by atoms with Crippen molar-refractivity contribution >= 4 is 33.4 Å². The standard InChI is InChI=1S/C20H18N2O4S/c23-14-5-6-16-15(7-14)22-17(27-16)11-21-19(26)20(10-18(24)25)8-12-3-1-2-4-13(12)9-20/h1-7,23H,8-11H2,(H,21,26)(H,24,25). The first-order valence-electron chi connectivity index (χ1n) is 8.60. The van der Waals surface area contributed by atoms with Crippen LogP contribution >= 0.6 is 11.3 Å². The lowest BCUT2D eigenvalue weighted by molar-refractivity contribution is -0.145. The van der Waals surface area contributed by atoms with Gasteiger partial charge < -0.3 is 15.5 Å². The van der Waals surface area contributed by atoms with Crippen molar-refractivity contribution in [1.82, 2.24) is 10.3 Å². The minimum atomic E-state index is -0.978. The fraction of sp³-hybridized carbons (Fsp3) is 0.250. The summed E-state index contributed by atoms with van der Waals surface area (Å²) in [5, 5.41) is 22.5. The molecule has 0 unspecified atom stereocenters.